The largest absolute Gasteiger partial charge is 0.329 e. The van der Waals surface area contributed by atoms with Crippen molar-refractivity contribution >= 4 is 17.4 Å². The van der Waals surface area contributed by atoms with E-state index in [9.17, 15) is 4.79 Å². The molecule has 1 aromatic heterocycles. The second kappa shape index (κ2) is 4.15. The number of hydrazine groups is 1. The van der Waals surface area contributed by atoms with E-state index in [-0.39, 0.29) is 6.04 Å². The summed E-state index contributed by atoms with van der Waals surface area (Å²) in [5.74, 6) is 4.91. The predicted octanol–water partition coefficient (Wildman–Crippen LogP) is 0.0804. The van der Waals surface area contributed by atoms with Crippen LogP contribution in [0.2, 0.25) is 0 Å². The van der Waals surface area contributed by atoms with Crippen molar-refractivity contribution in [2.24, 2.45) is 5.84 Å². The van der Waals surface area contributed by atoms with Gasteiger partial charge < -0.3 is 5.32 Å². The van der Waals surface area contributed by atoms with Crippen LogP contribution in [-0.4, -0.2) is 16.2 Å². The SMILES string of the molecule is Cc1nnc(C(C)NC(=O)NN)s1. The first-order chi connectivity index (χ1) is 6.13. The molecule has 0 radical (unpaired) electrons. The molecule has 0 aliphatic heterocycles. The summed E-state index contributed by atoms with van der Waals surface area (Å²) in [5, 5.41) is 12.0. The molecule has 1 atom stereocenters. The van der Waals surface area contributed by atoms with Crippen molar-refractivity contribution in [2.75, 3.05) is 0 Å². The zero-order valence-corrected chi connectivity index (χ0v) is 8.18. The van der Waals surface area contributed by atoms with Crippen LogP contribution in [0.25, 0.3) is 0 Å². The first kappa shape index (κ1) is 9.87. The monoisotopic (exact) mass is 201 g/mol. The van der Waals surface area contributed by atoms with E-state index in [1.807, 2.05) is 19.3 Å². The van der Waals surface area contributed by atoms with Crippen LogP contribution in [-0.2, 0) is 0 Å². The molecule has 7 heteroatoms. The Bertz CT molecular complexity index is 299. The normalized spacial score (nSPS) is 12.2. The molecular formula is C6H11N5OS. The molecule has 6 nitrogen and oxygen atoms in total. The molecule has 13 heavy (non-hydrogen) atoms. The molecule has 72 valence electrons. The molecular weight excluding hydrogens is 190 g/mol. The van der Waals surface area contributed by atoms with Crippen LogP contribution in [0.4, 0.5) is 4.79 Å². The Morgan fingerprint density at radius 3 is 2.77 bits per heavy atom. The van der Waals surface area contributed by atoms with E-state index >= 15 is 0 Å². The van der Waals surface area contributed by atoms with Gasteiger partial charge in [-0.25, -0.2) is 10.6 Å². The Labute approximate surface area is 79.5 Å². The van der Waals surface area contributed by atoms with Gasteiger partial charge in [0, 0.05) is 0 Å². The van der Waals surface area contributed by atoms with Crippen LogP contribution in [0.15, 0.2) is 0 Å². The summed E-state index contributed by atoms with van der Waals surface area (Å²) >= 11 is 1.44. The molecule has 0 saturated carbocycles. The molecule has 1 rings (SSSR count). The molecule has 1 unspecified atom stereocenters. The van der Waals surface area contributed by atoms with Gasteiger partial charge in [0.05, 0.1) is 6.04 Å². The number of nitrogens with two attached hydrogens (primary N) is 1. The molecule has 0 aromatic carbocycles. The van der Waals surface area contributed by atoms with Crippen LogP contribution in [0, 0.1) is 6.92 Å². The van der Waals surface area contributed by atoms with E-state index in [4.69, 9.17) is 5.84 Å². The lowest BCUT2D eigenvalue weighted by Crippen LogP contribution is -2.40. The predicted molar refractivity (Wildman–Crippen MR) is 48.9 cm³/mol. The van der Waals surface area contributed by atoms with Gasteiger partial charge in [0.25, 0.3) is 0 Å². The molecule has 0 aliphatic carbocycles. The third-order valence-corrected chi connectivity index (χ3v) is 2.41. The van der Waals surface area contributed by atoms with Crippen LogP contribution in [0.3, 0.4) is 0 Å². The van der Waals surface area contributed by atoms with Gasteiger partial charge in [0.1, 0.15) is 10.0 Å². The van der Waals surface area contributed by atoms with Crippen molar-refractivity contribution in [1.82, 2.24) is 20.9 Å². The van der Waals surface area contributed by atoms with Crippen molar-refractivity contribution in [2.45, 2.75) is 19.9 Å². The van der Waals surface area contributed by atoms with Crippen LogP contribution >= 0.6 is 11.3 Å². The van der Waals surface area contributed by atoms with Crippen molar-refractivity contribution in [3.63, 3.8) is 0 Å². The highest BCUT2D eigenvalue weighted by molar-refractivity contribution is 7.11. The molecule has 0 aliphatic rings. The minimum absolute atomic E-state index is 0.172. The quantitative estimate of drug-likeness (QED) is 0.359. The number of urea groups is 1. The van der Waals surface area contributed by atoms with Crippen molar-refractivity contribution in [3.05, 3.63) is 10.0 Å². The fourth-order valence-corrected chi connectivity index (χ4v) is 1.49. The molecule has 1 heterocycles. The summed E-state index contributed by atoms with van der Waals surface area (Å²) in [4.78, 5) is 10.8. The number of amides is 2. The first-order valence-corrected chi connectivity index (χ1v) is 4.52. The highest BCUT2D eigenvalue weighted by Gasteiger charge is 2.12. The second-order valence-electron chi connectivity index (χ2n) is 2.50. The molecule has 0 fully saturated rings. The van der Waals surface area contributed by atoms with E-state index < -0.39 is 6.03 Å². The van der Waals surface area contributed by atoms with Crippen molar-refractivity contribution in [1.29, 1.82) is 0 Å². The number of nitrogens with zero attached hydrogens (tertiary/aromatic N) is 2. The summed E-state index contributed by atoms with van der Waals surface area (Å²) < 4.78 is 0. The first-order valence-electron chi connectivity index (χ1n) is 3.70. The lowest BCUT2D eigenvalue weighted by molar-refractivity contribution is 0.238. The Kier molecular flexibility index (Phi) is 3.15. The number of hydrogen-bond donors (Lipinski definition) is 3. The van der Waals surface area contributed by atoms with E-state index in [0.717, 1.165) is 10.0 Å². The standard InChI is InChI=1S/C6H11N5OS/c1-3(8-6(12)9-7)5-11-10-4(2)13-5/h3H,7H2,1-2H3,(H2,8,9,12). The maximum Gasteiger partial charge on any atom is 0.329 e. The Balaban J connectivity index is 2.58. The number of aryl methyl sites for hydroxylation is 1. The topological polar surface area (TPSA) is 92.9 Å². The van der Waals surface area contributed by atoms with Crippen LogP contribution < -0.4 is 16.6 Å². The van der Waals surface area contributed by atoms with Gasteiger partial charge in [0.15, 0.2) is 0 Å². The number of carbonyl (C=O) groups excluding carboxylic acids is 1. The van der Waals surface area contributed by atoms with Gasteiger partial charge in [-0.3, -0.25) is 5.43 Å². The smallest absolute Gasteiger partial charge is 0.328 e. The highest BCUT2D eigenvalue weighted by atomic mass is 32.1. The fourth-order valence-electron chi connectivity index (χ4n) is 0.787. The van der Waals surface area contributed by atoms with Gasteiger partial charge in [-0.1, -0.05) is 11.3 Å². The number of carbonyl (C=O) groups is 1. The number of nitrogens with one attached hydrogen (secondary N) is 2. The van der Waals surface area contributed by atoms with E-state index in [2.05, 4.69) is 15.5 Å². The summed E-state index contributed by atoms with van der Waals surface area (Å²) in [5.41, 5.74) is 1.98. The average Bonchev–Trinajstić information content (AvgIpc) is 2.51. The zero-order valence-electron chi connectivity index (χ0n) is 7.37. The average molecular weight is 201 g/mol. The maximum atomic E-state index is 10.8. The minimum Gasteiger partial charge on any atom is -0.328 e. The molecule has 0 bridgehead atoms. The van der Waals surface area contributed by atoms with E-state index in [0.29, 0.717) is 0 Å². The van der Waals surface area contributed by atoms with E-state index in [1.54, 1.807) is 0 Å². The number of rotatable bonds is 2. The highest BCUT2D eigenvalue weighted by Crippen LogP contribution is 2.16. The summed E-state index contributed by atoms with van der Waals surface area (Å²) in [6, 6.07) is -0.602. The zero-order chi connectivity index (χ0) is 9.84. The number of hydrogen-bond acceptors (Lipinski definition) is 5. The molecule has 4 N–H and O–H groups in total. The lowest BCUT2D eigenvalue weighted by atomic mass is 10.4. The van der Waals surface area contributed by atoms with Crippen molar-refractivity contribution in [3.8, 4) is 0 Å². The van der Waals surface area contributed by atoms with Crippen LogP contribution in [0.1, 0.15) is 23.0 Å². The molecule has 0 spiro atoms. The summed E-state index contributed by atoms with van der Waals surface area (Å²) in [6.07, 6.45) is 0. The Morgan fingerprint density at radius 1 is 1.62 bits per heavy atom. The number of aromatic nitrogens is 2. The van der Waals surface area contributed by atoms with Gasteiger partial charge in [-0.05, 0) is 13.8 Å². The molecule has 2 amide bonds. The third-order valence-electron chi connectivity index (χ3n) is 1.39. The lowest BCUT2D eigenvalue weighted by Gasteiger charge is -2.08. The van der Waals surface area contributed by atoms with Gasteiger partial charge in [-0.2, -0.15) is 0 Å². The Morgan fingerprint density at radius 2 is 2.31 bits per heavy atom. The maximum absolute atomic E-state index is 10.8. The minimum atomic E-state index is -0.430. The molecule has 1 aromatic rings. The van der Waals surface area contributed by atoms with Gasteiger partial charge in [0.2, 0.25) is 0 Å². The van der Waals surface area contributed by atoms with Crippen molar-refractivity contribution < 1.29 is 4.79 Å². The fraction of sp³-hybridized carbons (Fsp3) is 0.500. The van der Waals surface area contributed by atoms with E-state index in [1.165, 1.54) is 11.3 Å². The molecule has 0 saturated heterocycles. The summed E-state index contributed by atoms with van der Waals surface area (Å²) in [7, 11) is 0. The van der Waals surface area contributed by atoms with Gasteiger partial charge >= 0.3 is 6.03 Å². The Hall–Kier alpha value is -1.21. The van der Waals surface area contributed by atoms with Crippen LogP contribution in [0.5, 0.6) is 0 Å². The second-order valence-corrected chi connectivity index (χ2v) is 3.71. The van der Waals surface area contributed by atoms with Gasteiger partial charge in [-0.15, -0.1) is 10.2 Å². The summed E-state index contributed by atoms with van der Waals surface area (Å²) in [6.45, 7) is 3.67. The third kappa shape index (κ3) is 2.63.